The second-order valence-electron chi connectivity index (χ2n) is 2.92. The first kappa shape index (κ1) is 11.0. The Hall–Kier alpha value is -1.09. The van der Waals surface area contributed by atoms with E-state index in [9.17, 15) is 9.18 Å². The number of halogens is 2. The largest absolute Gasteiger partial charge is 0.481 e. The summed E-state index contributed by atoms with van der Waals surface area (Å²) in [5.74, 6) is -1.83. The lowest BCUT2D eigenvalue weighted by molar-refractivity contribution is -0.139. The molecule has 14 heavy (non-hydrogen) atoms. The minimum absolute atomic E-state index is 0.0182. The van der Waals surface area contributed by atoms with E-state index in [1.807, 2.05) is 0 Å². The standard InChI is InChI=1S/C10H10ClFO2/c11-8-3-1-2-7(6-8)9(4-5-12)10(13)14/h1-3,6,9H,4-5H2,(H,13,14). The second kappa shape index (κ2) is 4.96. The molecule has 0 fully saturated rings. The van der Waals surface area contributed by atoms with Crippen molar-refractivity contribution in [2.24, 2.45) is 0 Å². The van der Waals surface area contributed by atoms with Gasteiger partial charge in [0.2, 0.25) is 0 Å². The number of carboxylic acids is 1. The Labute approximate surface area is 86.3 Å². The fourth-order valence-corrected chi connectivity index (χ4v) is 1.46. The van der Waals surface area contributed by atoms with Gasteiger partial charge in [-0.3, -0.25) is 9.18 Å². The van der Waals surface area contributed by atoms with Gasteiger partial charge >= 0.3 is 5.97 Å². The van der Waals surface area contributed by atoms with Gasteiger partial charge in [-0.25, -0.2) is 0 Å². The Kier molecular flexibility index (Phi) is 3.89. The van der Waals surface area contributed by atoms with E-state index in [0.29, 0.717) is 10.6 Å². The van der Waals surface area contributed by atoms with Crippen LogP contribution in [0.4, 0.5) is 4.39 Å². The van der Waals surface area contributed by atoms with Crippen LogP contribution in [0.5, 0.6) is 0 Å². The Morgan fingerprint density at radius 3 is 2.79 bits per heavy atom. The summed E-state index contributed by atoms with van der Waals surface area (Å²) in [7, 11) is 0. The van der Waals surface area contributed by atoms with E-state index in [1.54, 1.807) is 24.3 Å². The molecule has 1 atom stereocenters. The summed E-state index contributed by atoms with van der Waals surface area (Å²) < 4.78 is 12.1. The smallest absolute Gasteiger partial charge is 0.311 e. The van der Waals surface area contributed by atoms with E-state index in [1.165, 1.54) is 0 Å². The maximum atomic E-state index is 12.1. The van der Waals surface area contributed by atoms with Gasteiger partial charge < -0.3 is 5.11 Å². The second-order valence-corrected chi connectivity index (χ2v) is 3.36. The van der Waals surface area contributed by atoms with Gasteiger partial charge in [0.05, 0.1) is 12.6 Å². The normalized spacial score (nSPS) is 12.4. The molecule has 1 unspecified atom stereocenters. The summed E-state index contributed by atoms with van der Waals surface area (Å²) in [6.07, 6.45) is -0.0182. The van der Waals surface area contributed by atoms with Crippen LogP contribution in [0.25, 0.3) is 0 Å². The predicted molar refractivity (Wildman–Crippen MR) is 52.4 cm³/mol. The Morgan fingerprint density at radius 1 is 1.57 bits per heavy atom. The first-order valence-corrected chi connectivity index (χ1v) is 4.57. The summed E-state index contributed by atoms with van der Waals surface area (Å²) in [5, 5.41) is 9.30. The van der Waals surface area contributed by atoms with Crippen LogP contribution in [0.15, 0.2) is 24.3 Å². The lowest BCUT2D eigenvalue weighted by atomic mass is 9.97. The molecule has 0 bridgehead atoms. The number of rotatable bonds is 4. The van der Waals surface area contributed by atoms with Crippen molar-refractivity contribution in [3.63, 3.8) is 0 Å². The highest BCUT2D eigenvalue weighted by Crippen LogP contribution is 2.22. The molecule has 0 radical (unpaired) electrons. The Balaban J connectivity index is 2.93. The maximum absolute atomic E-state index is 12.1. The summed E-state index contributed by atoms with van der Waals surface area (Å²) in [6.45, 7) is -0.649. The van der Waals surface area contributed by atoms with Crippen LogP contribution >= 0.6 is 11.6 Å². The average Bonchev–Trinajstić information content (AvgIpc) is 2.13. The van der Waals surface area contributed by atoms with Gasteiger partial charge in [0.1, 0.15) is 0 Å². The predicted octanol–water partition coefficient (Wildman–Crippen LogP) is 2.87. The maximum Gasteiger partial charge on any atom is 0.311 e. The van der Waals surface area contributed by atoms with Gasteiger partial charge in [-0.2, -0.15) is 0 Å². The first-order chi connectivity index (χ1) is 6.65. The van der Waals surface area contributed by atoms with Crippen molar-refractivity contribution in [1.29, 1.82) is 0 Å². The van der Waals surface area contributed by atoms with E-state index < -0.39 is 18.6 Å². The third kappa shape index (κ3) is 2.70. The molecule has 0 aliphatic rings. The van der Waals surface area contributed by atoms with Crippen molar-refractivity contribution in [1.82, 2.24) is 0 Å². The average molecular weight is 217 g/mol. The van der Waals surface area contributed by atoms with Crippen molar-refractivity contribution in [3.8, 4) is 0 Å². The topological polar surface area (TPSA) is 37.3 Å². The molecule has 1 rings (SSSR count). The molecule has 1 aromatic carbocycles. The molecule has 1 aromatic rings. The van der Waals surface area contributed by atoms with Crippen LogP contribution < -0.4 is 0 Å². The highest BCUT2D eigenvalue weighted by Gasteiger charge is 2.19. The van der Waals surface area contributed by atoms with Crippen LogP contribution in [0.2, 0.25) is 5.02 Å². The Morgan fingerprint density at radius 2 is 2.29 bits per heavy atom. The molecule has 0 saturated carbocycles. The highest BCUT2D eigenvalue weighted by molar-refractivity contribution is 6.30. The molecule has 2 nitrogen and oxygen atoms in total. The molecule has 0 aromatic heterocycles. The summed E-state index contributed by atoms with van der Waals surface area (Å²) in [5.41, 5.74) is 0.544. The zero-order valence-corrected chi connectivity index (χ0v) is 8.17. The van der Waals surface area contributed by atoms with E-state index in [4.69, 9.17) is 16.7 Å². The zero-order valence-electron chi connectivity index (χ0n) is 7.41. The molecule has 1 N–H and O–H groups in total. The molecule has 0 heterocycles. The first-order valence-electron chi connectivity index (χ1n) is 4.19. The minimum Gasteiger partial charge on any atom is -0.481 e. The molecule has 4 heteroatoms. The van der Waals surface area contributed by atoms with Crippen molar-refractivity contribution < 1.29 is 14.3 Å². The number of benzene rings is 1. The van der Waals surface area contributed by atoms with E-state index >= 15 is 0 Å². The number of alkyl halides is 1. The lowest BCUT2D eigenvalue weighted by Gasteiger charge is -2.10. The van der Waals surface area contributed by atoms with Gasteiger partial charge in [-0.1, -0.05) is 23.7 Å². The van der Waals surface area contributed by atoms with Crippen molar-refractivity contribution in [2.45, 2.75) is 12.3 Å². The van der Waals surface area contributed by atoms with Gasteiger partial charge in [0.15, 0.2) is 0 Å². The van der Waals surface area contributed by atoms with Crippen molar-refractivity contribution in [2.75, 3.05) is 6.67 Å². The minimum atomic E-state index is -1.02. The third-order valence-corrected chi connectivity index (χ3v) is 2.18. The molecule has 0 saturated heterocycles. The highest BCUT2D eigenvalue weighted by atomic mass is 35.5. The van der Waals surface area contributed by atoms with Crippen LogP contribution in [-0.2, 0) is 4.79 Å². The summed E-state index contributed by atoms with van der Waals surface area (Å²) >= 11 is 5.71. The van der Waals surface area contributed by atoms with Crippen LogP contribution in [0.1, 0.15) is 17.9 Å². The summed E-state index contributed by atoms with van der Waals surface area (Å²) in [6, 6.07) is 6.50. The SMILES string of the molecule is O=C(O)C(CCF)c1cccc(Cl)c1. The lowest BCUT2D eigenvalue weighted by Crippen LogP contribution is -2.12. The van der Waals surface area contributed by atoms with E-state index in [-0.39, 0.29) is 6.42 Å². The fraction of sp³-hybridized carbons (Fsp3) is 0.300. The number of carboxylic acid groups (broad SMARTS) is 1. The van der Waals surface area contributed by atoms with Gasteiger partial charge in [-0.05, 0) is 24.1 Å². The Bertz CT molecular complexity index is 328. The molecule has 0 spiro atoms. The zero-order chi connectivity index (χ0) is 10.6. The molecular formula is C10H10ClFO2. The van der Waals surface area contributed by atoms with Crippen molar-refractivity contribution in [3.05, 3.63) is 34.9 Å². The molecule has 76 valence electrons. The third-order valence-electron chi connectivity index (χ3n) is 1.95. The molecule has 0 aliphatic carbocycles. The molecular weight excluding hydrogens is 207 g/mol. The quantitative estimate of drug-likeness (QED) is 0.840. The number of carbonyl (C=O) groups is 1. The summed E-state index contributed by atoms with van der Waals surface area (Å²) in [4.78, 5) is 10.8. The van der Waals surface area contributed by atoms with Crippen molar-refractivity contribution >= 4 is 17.6 Å². The van der Waals surface area contributed by atoms with Crippen LogP contribution in [0.3, 0.4) is 0 Å². The van der Waals surface area contributed by atoms with Gasteiger partial charge in [0.25, 0.3) is 0 Å². The van der Waals surface area contributed by atoms with Crippen LogP contribution in [0, 0.1) is 0 Å². The fourth-order valence-electron chi connectivity index (χ4n) is 1.27. The monoisotopic (exact) mass is 216 g/mol. The van der Waals surface area contributed by atoms with E-state index in [0.717, 1.165) is 0 Å². The van der Waals surface area contributed by atoms with Gasteiger partial charge in [-0.15, -0.1) is 0 Å². The number of hydrogen-bond acceptors (Lipinski definition) is 1. The number of aliphatic carboxylic acids is 1. The number of hydrogen-bond donors (Lipinski definition) is 1. The van der Waals surface area contributed by atoms with E-state index in [2.05, 4.69) is 0 Å². The van der Waals surface area contributed by atoms with Crippen LogP contribution in [-0.4, -0.2) is 17.8 Å². The molecule has 0 aliphatic heterocycles. The van der Waals surface area contributed by atoms with Gasteiger partial charge in [0, 0.05) is 5.02 Å². The molecule has 0 amide bonds.